The van der Waals surface area contributed by atoms with E-state index in [9.17, 15) is 4.79 Å². The molecule has 0 spiro atoms. The second-order valence-corrected chi connectivity index (χ2v) is 3.72. The van der Waals surface area contributed by atoms with Crippen LogP contribution in [-0.4, -0.2) is 49.3 Å². The first-order chi connectivity index (χ1) is 5.48. The monoisotopic (exact) mass is 173 g/mol. The van der Waals surface area contributed by atoms with Crippen molar-refractivity contribution in [3.8, 4) is 0 Å². The zero-order valence-corrected chi connectivity index (χ0v) is 7.70. The highest BCUT2D eigenvalue weighted by atomic mass is 16.5. The molecular formula is C8H15NO3. The summed E-state index contributed by atoms with van der Waals surface area (Å²) < 4.78 is 5.17. The van der Waals surface area contributed by atoms with Crippen LogP contribution in [0.15, 0.2) is 0 Å². The standard InChI is InChI=1S/C8H15NO3/c1-8(7(10)11)5-12-4-6(8)9(2)3/h6H,4-5H2,1-3H3,(H,10,11). The summed E-state index contributed by atoms with van der Waals surface area (Å²) in [5, 5.41) is 8.99. The van der Waals surface area contributed by atoms with Gasteiger partial charge in [-0.25, -0.2) is 0 Å². The molecule has 12 heavy (non-hydrogen) atoms. The number of hydrogen-bond donors (Lipinski definition) is 1. The topological polar surface area (TPSA) is 49.8 Å². The molecule has 0 saturated carbocycles. The van der Waals surface area contributed by atoms with Gasteiger partial charge in [0.15, 0.2) is 0 Å². The second kappa shape index (κ2) is 3.03. The number of ether oxygens (including phenoxy) is 1. The van der Waals surface area contributed by atoms with E-state index in [1.807, 2.05) is 19.0 Å². The Balaban J connectivity index is 2.81. The van der Waals surface area contributed by atoms with Crippen LogP contribution in [-0.2, 0) is 9.53 Å². The molecule has 0 bridgehead atoms. The number of likely N-dealkylation sites (N-methyl/N-ethyl adjacent to an activating group) is 1. The smallest absolute Gasteiger partial charge is 0.313 e. The maximum Gasteiger partial charge on any atom is 0.313 e. The molecule has 70 valence electrons. The first-order valence-corrected chi connectivity index (χ1v) is 3.96. The van der Waals surface area contributed by atoms with Gasteiger partial charge in [0.05, 0.1) is 19.3 Å². The van der Waals surface area contributed by atoms with E-state index in [0.29, 0.717) is 13.2 Å². The van der Waals surface area contributed by atoms with Crippen LogP contribution in [0.2, 0.25) is 0 Å². The van der Waals surface area contributed by atoms with Crippen molar-refractivity contribution in [2.24, 2.45) is 5.41 Å². The molecule has 0 aromatic heterocycles. The Morgan fingerprint density at radius 3 is 2.58 bits per heavy atom. The first-order valence-electron chi connectivity index (χ1n) is 3.96. The molecule has 0 amide bonds. The van der Waals surface area contributed by atoms with Crippen molar-refractivity contribution in [1.82, 2.24) is 4.90 Å². The summed E-state index contributed by atoms with van der Waals surface area (Å²) in [5.74, 6) is -0.779. The lowest BCUT2D eigenvalue weighted by molar-refractivity contribution is -0.150. The van der Waals surface area contributed by atoms with Crippen molar-refractivity contribution < 1.29 is 14.6 Å². The number of carboxylic acids is 1. The molecule has 4 heteroatoms. The molecule has 1 fully saturated rings. The largest absolute Gasteiger partial charge is 0.481 e. The molecule has 1 heterocycles. The summed E-state index contributed by atoms with van der Waals surface area (Å²) in [5.41, 5.74) is -0.747. The molecule has 0 aliphatic carbocycles. The summed E-state index contributed by atoms with van der Waals surface area (Å²) >= 11 is 0. The zero-order valence-electron chi connectivity index (χ0n) is 7.70. The summed E-state index contributed by atoms with van der Waals surface area (Å²) in [7, 11) is 3.75. The third-order valence-corrected chi connectivity index (χ3v) is 2.52. The zero-order chi connectivity index (χ0) is 9.35. The van der Waals surface area contributed by atoms with Gasteiger partial charge in [-0.3, -0.25) is 4.79 Å². The SMILES string of the molecule is CN(C)C1COCC1(C)C(=O)O. The van der Waals surface area contributed by atoms with Crippen LogP contribution < -0.4 is 0 Å². The maximum atomic E-state index is 10.9. The van der Waals surface area contributed by atoms with Crippen LogP contribution in [0.3, 0.4) is 0 Å². The molecule has 1 aliphatic rings. The van der Waals surface area contributed by atoms with Crippen LogP contribution in [0.5, 0.6) is 0 Å². The van der Waals surface area contributed by atoms with E-state index < -0.39 is 11.4 Å². The predicted octanol–water partition coefficient (Wildman–Crippen LogP) is 0.0377. The van der Waals surface area contributed by atoms with Crippen molar-refractivity contribution in [1.29, 1.82) is 0 Å². The Hall–Kier alpha value is -0.610. The van der Waals surface area contributed by atoms with Crippen molar-refractivity contribution in [2.75, 3.05) is 27.3 Å². The Labute approximate surface area is 72.1 Å². The lowest BCUT2D eigenvalue weighted by atomic mass is 9.85. The van der Waals surface area contributed by atoms with Gasteiger partial charge in [0.2, 0.25) is 0 Å². The first kappa shape index (κ1) is 9.48. The highest BCUT2D eigenvalue weighted by Crippen LogP contribution is 2.31. The van der Waals surface area contributed by atoms with Crippen LogP contribution in [0.25, 0.3) is 0 Å². The Bertz CT molecular complexity index is 193. The molecule has 1 rings (SSSR count). The fraction of sp³-hybridized carbons (Fsp3) is 0.875. The van der Waals surface area contributed by atoms with Gasteiger partial charge in [0.25, 0.3) is 0 Å². The molecule has 0 radical (unpaired) electrons. The number of carboxylic acid groups (broad SMARTS) is 1. The van der Waals surface area contributed by atoms with E-state index in [1.165, 1.54) is 0 Å². The fourth-order valence-corrected chi connectivity index (χ4v) is 1.59. The van der Waals surface area contributed by atoms with Gasteiger partial charge in [-0.2, -0.15) is 0 Å². The molecule has 4 nitrogen and oxygen atoms in total. The summed E-state index contributed by atoms with van der Waals surface area (Å²) in [6.45, 7) is 2.55. The van der Waals surface area contributed by atoms with Crippen molar-refractivity contribution >= 4 is 5.97 Å². The van der Waals surface area contributed by atoms with Gasteiger partial charge in [-0.05, 0) is 21.0 Å². The Kier molecular flexibility index (Phi) is 2.39. The normalized spacial score (nSPS) is 35.8. The van der Waals surface area contributed by atoms with Gasteiger partial charge in [0.1, 0.15) is 5.41 Å². The average molecular weight is 173 g/mol. The molecule has 1 aliphatic heterocycles. The lowest BCUT2D eigenvalue weighted by Gasteiger charge is -2.29. The average Bonchev–Trinajstić information content (AvgIpc) is 2.32. The lowest BCUT2D eigenvalue weighted by Crippen LogP contribution is -2.46. The minimum atomic E-state index is -0.779. The minimum absolute atomic E-state index is 0.0185. The van der Waals surface area contributed by atoms with Gasteiger partial charge in [-0.1, -0.05) is 0 Å². The summed E-state index contributed by atoms with van der Waals surface area (Å²) in [4.78, 5) is 12.8. The number of nitrogens with zero attached hydrogens (tertiary/aromatic N) is 1. The minimum Gasteiger partial charge on any atom is -0.481 e. The molecule has 2 unspecified atom stereocenters. The quantitative estimate of drug-likeness (QED) is 0.640. The van der Waals surface area contributed by atoms with E-state index in [4.69, 9.17) is 9.84 Å². The highest BCUT2D eigenvalue weighted by molar-refractivity contribution is 5.75. The van der Waals surface area contributed by atoms with Gasteiger partial charge in [-0.15, -0.1) is 0 Å². The van der Waals surface area contributed by atoms with Crippen LogP contribution in [0.4, 0.5) is 0 Å². The van der Waals surface area contributed by atoms with Crippen molar-refractivity contribution in [2.45, 2.75) is 13.0 Å². The second-order valence-electron chi connectivity index (χ2n) is 3.72. The van der Waals surface area contributed by atoms with E-state index in [-0.39, 0.29) is 6.04 Å². The van der Waals surface area contributed by atoms with Crippen molar-refractivity contribution in [3.05, 3.63) is 0 Å². The molecule has 1 N–H and O–H groups in total. The van der Waals surface area contributed by atoms with E-state index in [1.54, 1.807) is 6.92 Å². The Morgan fingerprint density at radius 1 is 1.67 bits per heavy atom. The van der Waals surface area contributed by atoms with Crippen LogP contribution >= 0.6 is 0 Å². The van der Waals surface area contributed by atoms with E-state index in [0.717, 1.165) is 0 Å². The highest BCUT2D eigenvalue weighted by Gasteiger charge is 2.47. The number of carbonyl (C=O) groups is 1. The molecule has 1 saturated heterocycles. The van der Waals surface area contributed by atoms with E-state index >= 15 is 0 Å². The van der Waals surface area contributed by atoms with Crippen molar-refractivity contribution in [3.63, 3.8) is 0 Å². The summed E-state index contributed by atoms with van der Waals surface area (Å²) in [6.07, 6.45) is 0. The Morgan fingerprint density at radius 2 is 2.25 bits per heavy atom. The number of hydrogen-bond acceptors (Lipinski definition) is 3. The van der Waals surface area contributed by atoms with Gasteiger partial charge in [0, 0.05) is 0 Å². The third-order valence-electron chi connectivity index (χ3n) is 2.52. The number of aliphatic carboxylic acids is 1. The van der Waals surface area contributed by atoms with Gasteiger partial charge >= 0.3 is 5.97 Å². The number of rotatable bonds is 2. The molecule has 2 atom stereocenters. The van der Waals surface area contributed by atoms with Crippen LogP contribution in [0.1, 0.15) is 6.92 Å². The van der Waals surface area contributed by atoms with E-state index in [2.05, 4.69) is 0 Å². The fourth-order valence-electron chi connectivity index (χ4n) is 1.59. The predicted molar refractivity (Wildman–Crippen MR) is 44.0 cm³/mol. The molecule has 0 aromatic rings. The maximum absolute atomic E-state index is 10.9. The van der Waals surface area contributed by atoms with Gasteiger partial charge < -0.3 is 14.7 Å². The molecular weight excluding hydrogens is 158 g/mol. The third kappa shape index (κ3) is 1.32. The molecule has 0 aromatic carbocycles. The summed E-state index contributed by atoms with van der Waals surface area (Å²) in [6, 6.07) is -0.0185. The van der Waals surface area contributed by atoms with Crippen LogP contribution in [0, 0.1) is 5.41 Å².